The Morgan fingerprint density at radius 2 is 1.78 bits per heavy atom. The Hall–Kier alpha value is -1.18. The smallest absolute Gasteiger partial charge is 0.384 e. The third-order valence-corrected chi connectivity index (χ3v) is 6.72. The van der Waals surface area contributed by atoms with Gasteiger partial charge in [-0.05, 0) is 37.1 Å². The molecule has 0 fully saturated rings. The van der Waals surface area contributed by atoms with Gasteiger partial charge in [0.1, 0.15) is 0 Å². The lowest BCUT2D eigenvalue weighted by Crippen LogP contribution is -2.43. The Morgan fingerprint density at radius 3 is 2.39 bits per heavy atom. The van der Waals surface area contributed by atoms with Gasteiger partial charge in [-0.15, -0.1) is 0 Å². The Kier molecular flexibility index (Phi) is 9.12. The standard InChI is InChI=1S/C17H30N2O3Si/c1-6-16-9-8-15(2)17(14-16)19-12-11-18-10-7-13-23(20-3,21-4)22-5/h6,8-9,14,18-19H,1,7,10-13H2,2-5H3. The SMILES string of the molecule is C=Cc1ccc(C)c(NCCNCCC[Si](OC)(OC)OC)c1. The lowest BCUT2D eigenvalue weighted by atomic mass is 10.1. The maximum Gasteiger partial charge on any atom is 0.500 e. The van der Waals surface area contributed by atoms with Crippen molar-refractivity contribution in [2.75, 3.05) is 46.3 Å². The van der Waals surface area contributed by atoms with Crippen molar-refractivity contribution in [1.29, 1.82) is 0 Å². The molecule has 1 rings (SSSR count). The van der Waals surface area contributed by atoms with Gasteiger partial charge in [-0.2, -0.15) is 0 Å². The first kappa shape index (κ1) is 19.9. The van der Waals surface area contributed by atoms with E-state index in [2.05, 4.69) is 42.3 Å². The van der Waals surface area contributed by atoms with E-state index in [1.54, 1.807) is 21.3 Å². The average Bonchev–Trinajstić information content (AvgIpc) is 2.59. The van der Waals surface area contributed by atoms with Crippen molar-refractivity contribution in [1.82, 2.24) is 5.32 Å². The maximum atomic E-state index is 5.40. The molecular formula is C17H30N2O3Si. The van der Waals surface area contributed by atoms with Crippen LogP contribution in [0.5, 0.6) is 0 Å². The van der Waals surface area contributed by atoms with Gasteiger partial charge < -0.3 is 23.9 Å². The number of rotatable bonds is 12. The second-order valence-electron chi connectivity index (χ2n) is 5.35. The second kappa shape index (κ2) is 10.6. The van der Waals surface area contributed by atoms with Gasteiger partial charge in [0, 0.05) is 46.2 Å². The highest BCUT2D eigenvalue weighted by molar-refractivity contribution is 6.60. The number of hydrogen-bond donors (Lipinski definition) is 2. The third kappa shape index (κ3) is 6.45. The first-order valence-electron chi connectivity index (χ1n) is 7.94. The molecular weight excluding hydrogens is 308 g/mol. The molecule has 5 nitrogen and oxygen atoms in total. The van der Waals surface area contributed by atoms with Gasteiger partial charge in [0.15, 0.2) is 0 Å². The van der Waals surface area contributed by atoms with E-state index in [4.69, 9.17) is 13.3 Å². The summed E-state index contributed by atoms with van der Waals surface area (Å²) >= 11 is 0. The minimum Gasteiger partial charge on any atom is -0.384 e. The molecule has 0 atom stereocenters. The lowest BCUT2D eigenvalue weighted by Gasteiger charge is -2.24. The molecule has 0 radical (unpaired) electrons. The fraction of sp³-hybridized carbons (Fsp3) is 0.529. The summed E-state index contributed by atoms with van der Waals surface area (Å²) in [4.78, 5) is 0. The summed E-state index contributed by atoms with van der Waals surface area (Å²) in [6, 6.07) is 7.12. The van der Waals surface area contributed by atoms with Crippen LogP contribution < -0.4 is 10.6 Å². The van der Waals surface area contributed by atoms with E-state index < -0.39 is 8.80 Å². The van der Waals surface area contributed by atoms with Crippen molar-refractivity contribution < 1.29 is 13.3 Å². The van der Waals surface area contributed by atoms with Crippen molar-refractivity contribution in [3.8, 4) is 0 Å². The van der Waals surface area contributed by atoms with Gasteiger partial charge in [-0.1, -0.05) is 24.8 Å². The molecule has 2 N–H and O–H groups in total. The molecule has 0 saturated heterocycles. The van der Waals surface area contributed by atoms with Crippen molar-refractivity contribution >= 4 is 20.6 Å². The summed E-state index contributed by atoms with van der Waals surface area (Å²) in [6.07, 6.45) is 2.83. The van der Waals surface area contributed by atoms with Crippen LogP contribution in [0, 0.1) is 6.92 Å². The molecule has 0 aliphatic rings. The van der Waals surface area contributed by atoms with Crippen LogP contribution in [0.3, 0.4) is 0 Å². The quantitative estimate of drug-likeness (QED) is 0.453. The van der Waals surface area contributed by atoms with Gasteiger partial charge in [-0.25, -0.2) is 0 Å². The van der Waals surface area contributed by atoms with Gasteiger partial charge in [0.2, 0.25) is 0 Å². The maximum absolute atomic E-state index is 5.40. The van der Waals surface area contributed by atoms with Gasteiger partial charge in [-0.3, -0.25) is 0 Å². The predicted molar refractivity (Wildman–Crippen MR) is 98.8 cm³/mol. The van der Waals surface area contributed by atoms with Crippen LogP contribution in [0.1, 0.15) is 17.5 Å². The molecule has 0 unspecified atom stereocenters. The lowest BCUT2D eigenvalue weighted by molar-refractivity contribution is 0.123. The minimum atomic E-state index is -2.42. The zero-order valence-corrected chi connectivity index (χ0v) is 15.8. The highest BCUT2D eigenvalue weighted by atomic mass is 28.4. The van der Waals surface area contributed by atoms with Crippen LogP contribution >= 0.6 is 0 Å². The summed E-state index contributed by atoms with van der Waals surface area (Å²) < 4.78 is 16.2. The highest BCUT2D eigenvalue weighted by Crippen LogP contribution is 2.17. The largest absolute Gasteiger partial charge is 0.500 e. The molecule has 0 bridgehead atoms. The normalized spacial score (nSPS) is 11.5. The number of benzene rings is 1. The van der Waals surface area contributed by atoms with Crippen molar-refractivity contribution in [2.24, 2.45) is 0 Å². The zero-order valence-electron chi connectivity index (χ0n) is 14.8. The van der Waals surface area contributed by atoms with Crippen LogP contribution in [0.4, 0.5) is 5.69 Å². The number of anilines is 1. The van der Waals surface area contributed by atoms with Crippen LogP contribution in [0.15, 0.2) is 24.8 Å². The summed E-state index contributed by atoms with van der Waals surface area (Å²) in [6.45, 7) is 8.60. The van der Waals surface area contributed by atoms with Crippen LogP contribution in [0.25, 0.3) is 6.08 Å². The number of hydrogen-bond acceptors (Lipinski definition) is 5. The molecule has 130 valence electrons. The first-order chi connectivity index (χ1) is 11.1. The van der Waals surface area contributed by atoms with E-state index in [9.17, 15) is 0 Å². The van der Waals surface area contributed by atoms with E-state index in [-0.39, 0.29) is 0 Å². The highest BCUT2D eigenvalue weighted by Gasteiger charge is 2.36. The van der Waals surface area contributed by atoms with Gasteiger partial charge in [0.05, 0.1) is 0 Å². The monoisotopic (exact) mass is 338 g/mol. The van der Waals surface area contributed by atoms with Crippen molar-refractivity contribution in [2.45, 2.75) is 19.4 Å². The molecule has 0 aliphatic heterocycles. The average molecular weight is 339 g/mol. The fourth-order valence-electron chi connectivity index (χ4n) is 2.35. The summed E-state index contributed by atoms with van der Waals surface area (Å²) in [7, 11) is 2.53. The molecule has 0 amide bonds. The number of aryl methyl sites for hydroxylation is 1. The van der Waals surface area contributed by atoms with E-state index in [0.29, 0.717) is 0 Å². The Balaban J connectivity index is 2.22. The minimum absolute atomic E-state index is 0.817. The molecule has 0 spiro atoms. The van der Waals surface area contributed by atoms with E-state index >= 15 is 0 Å². The first-order valence-corrected chi connectivity index (χ1v) is 9.87. The summed E-state index contributed by atoms with van der Waals surface area (Å²) in [5.41, 5.74) is 3.53. The van der Waals surface area contributed by atoms with Crippen molar-refractivity contribution in [3.63, 3.8) is 0 Å². The molecule has 23 heavy (non-hydrogen) atoms. The molecule has 0 heterocycles. The van der Waals surface area contributed by atoms with E-state index in [1.165, 1.54) is 5.56 Å². The molecule has 1 aromatic carbocycles. The Morgan fingerprint density at radius 1 is 1.09 bits per heavy atom. The van der Waals surface area contributed by atoms with Crippen molar-refractivity contribution in [3.05, 3.63) is 35.9 Å². The molecule has 0 aromatic heterocycles. The summed E-state index contributed by atoms with van der Waals surface area (Å²) in [5, 5.41) is 6.87. The molecule has 0 aliphatic carbocycles. The zero-order chi connectivity index (χ0) is 17.1. The Bertz CT molecular complexity index is 471. The molecule has 0 saturated carbocycles. The topological polar surface area (TPSA) is 51.8 Å². The third-order valence-electron chi connectivity index (χ3n) is 3.88. The van der Waals surface area contributed by atoms with Crippen LogP contribution in [-0.2, 0) is 13.3 Å². The second-order valence-corrected chi connectivity index (χ2v) is 8.44. The van der Waals surface area contributed by atoms with Gasteiger partial charge >= 0.3 is 8.80 Å². The molecule has 1 aromatic rings. The Labute approximate surface area is 141 Å². The van der Waals surface area contributed by atoms with Crippen LogP contribution in [-0.4, -0.2) is 49.8 Å². The van der Waals surface area contributed by atoms with E-state index in [0.717, 1.165) is 43.4 Å². The van der Waals surface area contributed by atoms with Crippen LogP contribution in [0.2, 0.25) is 6.04 Å². The summed E-state index contributed by atoms with van der Waals surface area (Å²) in [5.74, 6) is 0. The molecule has 6 heteroatoms. The van der Waals surface area contributed by atoms with E-state index in [1.807, 2.05) is 6.08 Å². The predicted octanol–water partition coefficient (Wildman–Crippen LogP) is 2.91. The fourth-order valence-corrected chi connectivity index (χ4v) is 4.08. The number of nitrogens with one attached hydrogen (secondary N) is 2. The van der Waals surface area contributed by atoms with Gasteiger partial charge in [0.25, 0.3) is 0 Å².